The standard InChI is InChI=1S/C42H45N3O15/c1-7-34(49)58-19-25(46)16-55-31-13-10-28(37(52)22(31)4)40-43-41(29-11-14-32(23(5)38(29)53)56-17-26(47)20-59-35(50)8-2)45-42(44-40)30-12-15-33(24(6)39(30)54)57-18-27(48)21-60-36(51)9-3/h7-15,25-27,46-48,52-54H,1-3,16-21H2,4-6H3. The van der Waals surface area contributed by atoms with E-state index in [4.69, 9.17) is 28.4 Å². The number of phenolic OH excluding ortho intramolecular Hbond substituents is 3. The highest BCUT2D eigenvalue weighted by Gasteiger charge is 2.24. The van der Waals surface area contributed by atoms with Crippen LogP contribution in [0.5, 0.6) is 34.5 Å². The predicted molar refractivity (Wildman–Crippen MR) is 213 cm³/mol. The Hall–Kier alpha value is -7.02. The van der Waals surface area contributed by atoms with Gasteiger partial charge in [-0.3, -0.25) is 0 Å². The Morgan fingerprint density at radius 3 is 0.983 bits per heavy atom. The molecule has 3 atom stereocenters. The quantitative estimate of drug-likeness (QED) is 0.0399. The summed E-state index contributed by atoms with van der Waals surface area (Å²) in [5.74, 6) is -2.84. The molecule has 0 spiro atoms. The van der Waals surface area contributed by atoms with E-state index >= 15 is 0 Å². The summed E-state index contributed by atoms with van der Waals surface area (Å²) in [6, 6.07) is 8.84. The highest BCUT2D eigenvalue weighted by molar-refractivity contribution is 5.82. The first-order chi connectivity index (χ1) is 28.6. The van der Waals surface area contributed by atoms with Crippen molar-refractivity contribution in [1.82, 2.24) is 15.0 Å². The van der Waals surface area contributed by atoms with Crippen LogP contribution in [-0.4, -0.2) is 121 Å². The number of phenols is 3. The third-order valence-electron chi connectivity index (χ3n) is 8.55. The minimum atomic E-state index is -1.19. The molecule has 0 aliphatic heterocycles. The van der Waals surface area contributed by atoms with Crippen molar-refractivity contribution in [3.05, 3.63) is 91.1 Å². The minimum absolute atomic E-state index is 0.0924. The number of rotatable bonds is 21. The number of aliphatic hydroxyl groups excluding tert-OH is 3. The van der Waals surface area contributed by atoms with Gasteiger partial charge in [0.2, 0.25) is 0 Å². The van der Waals surface area contributed by atoms with Gasteiger partial charge in [-0.25, -0.2) is 29.3 Å². The van der Waals surface area contributed by atoms with Crippen LogP contribution in [0.2, 0.25) is 0 Å². The fraction of sp³-hybridized carbons (Fsp3) is 0.286. The van der Waals surface area contributed by atoms with Crippen LogP contribution in [0, 0.1) is 20.8 Å². The molecule has 6 N–H and O–H groups in total. The van der Waals surface area contributed by atoms with E-state index in [2.05, 4.69) is 34.7 Å². The van der Waals surface area contributed by atoms with E-state index in [0.717, 1.165) is 18.2 Å². The molecule has 18 nitrogen and oxygen atoms in total. The molecule has 0 aliphatic rings. The summed E-state index contributed by atoms with van der Waals surface area (Å²) >= 11 is 0. The smallest absolute Gasteiger partial charge is 0.330 e. The molecule has 0 amide bonds. The molecule has 0 saturated carbocycles. The van der Waals surface area contributed by atoms with Crippen LogP contribution >= 0.6 is 0 Å². The number of aromatic hydroxyl groups is 3. The molecule has 3 unspecified atom stereocenters. The summed E-state index contributed by atoms with van der Waals surface area (Å²) in [5.41, 5.74) is 0.971. The van der Waals surface area contributed by atoms with Gasteiger partial charge in [0, 0.05) is 34.9 Å². The van der Waals surface area contributed by atoms with Gasteiger partial charge in [-0.05, 0) is 57.2 Å². The molecule has 0 radical (unpaired) electrons. The highest BCUT2D eigenvalue weighted by atomic mass is 16.6. The molecule has 1 aromatic heterocycles. The average Bonchev–Trinajstić information content (AvgIpc) is 3.24. The van der Waals surface area contributed by atoms with Crippen LogP contribution < -0.4 is 14.2 Å². The van der Waals surface area contributed by atoms with Crippen molar-refractivity contribution in [2.45, 2.75) is 39.1 Å². The number of nitrogens with zero attached hydrogens (tertiary/aromatic N) is 3. The topological polar surface area (TPSA) is 267 Å². The fourth-order valence-electron chi connectivity index (χ4n) is 5.21. The zero-order valence-corrected chi connectivity index (χ0v) is 33.0. The van der Waals surface area contributed by atoms with Gasteiger partial charge >= 0.3 is 17.9 Å². The lowest BCUT2D eigenvalue weighted by molar-refractivity contribution is -0.142. The van der Waals surface area contributed by atoms with Crippen LogP contribution in [-0.2, 0) is 28.6 Å². The second-order valence-electron chi connectivity index (χ2n) is 13.0. The first kappa shape index (κ1) is 45.7. The lowest BCUT2D eigenvalue weighted by Gasteiger charge is -2.18. The van der Waals surface area contributed by atoms with E-state index in [0.29, 0.717) is 0 Å². The molecule has 0 aliphatic carbocycles. The van der Waals surface area contributed by atoms with Crippen molar-refractivity contribution in [2.75, 3.05) is 39.6 Å². The number of aliphatic hydroxyl groups is 3. The number of aromatic nitrogens is 3. The normalized spacial score (nSPS) is 12.3. The van der Waals surface area contributed by atoms with Gasteiger partial charge in [-0.15, -0.1) is 0 Å². The Balaban J connectivity index is 1.73. The second-order valence-corrected chi connectivity index (χ2v) is 13.0. The van der Waals surface area contributed by atoms with Crippen molar-refractivity contribution < 1.29 is 73.4 Å². The van der Waals surface area contributed by atoms with Crippen molar-refractivity contribution in [1.29, 1.82) is 0 Å². The maximum atomic E-state index is 11.4. The first-order valence-corrected chi connectivity index (χ1v) is 18.1. The zero-order chi connectivity index (χ0) is 44.1. The maximum absolute atomic E-state index is 11.4. The van der Waals surface area contributed by atoms with Gasteiger partial charge < -0.3 is 59.1 Å². The van der Waals surface area contributed by atoms with Crippen molar-refractivity contribution >= 4 is 17.9 Å². The lowest BCUT2D eigenvalue weighted by atomic mass is 10.1. The average molecular weight is 832 g/mol. The molecule has 0 saturated heterocycles. The summed E-state index contributed by atoms with van der Waals surface area (Å²) in [6.45, 7) is 12.6. The number of carbonyl (C=O) groups is 3. The summed E-state index contributed by atoms with van der Waals surface area (Å²) in [5, 5.41) is 64.8. The van der Waals surface area contributed by atoms with Crippen molar-refractivity contribution in [3.8, 4) is 68.7 Å². The summed E-state index contributed by atoms with van der Waals surface area (Å²) in [4.78, 5) is 47.8. The molecule has 1 heterocycles. The number of benzene rings is 3. The van der Waals surface area contributed by atoms with Crippen molar-refractivity contribution in [2.24, 2.45) is 0 Å². The van der Waals surface area contributed by atoms with Crippen LogP contribution in [0.1, 0.15) is 16.7 Å². The van der Waals surface area contributed by atoms with Crippen molar-refractivity contribution in [3.63, 3.8) is 0 Å². The van der Waals surface area contributed by atoms with Crippen LogP contribution in [0.3, 0.4) is 0 Å². The fourth-order valence-corrected chi connectivity index (χ4v) is 5.21. The Morgan fingerprint density at radius 2 is 0.750 bits per heavy atom. The lowest BCUT2D eigenvalue weighted by Crippen LogP contribution is -2.25. The zero-order valence-electron chi connectivity index (χ0n) is 33.0. The molecular weight excluding hydrogens is 786 g/mol. The van der Waals surface area contributed by atoms with E-state index in [-0.39, 0.29) is 125 Å². The Morgan fingerprint density at radius 1 is 0.500 bits per heavy atom. The third-order valence-corrected chi connectivity index (χ3v) is 8.55. The largest absolute Gasteiger partial charge is 0.507 e. The van der Waals surface area contributed by atoms with Crippen LogP contribution in [0.15, 0.2) is 74.4 Å². The van der Waals surface area contributed by atoms with E-state index in [1.165, 1.54) is 36.4 Å². The molecule has 318 valence electrons. The molecule has 18 heteroatoms. The molecule has 3 aromatic carbocycles. The van der Waals surface area contributed by atoms with Gasteiger partial charge in [0.15, 0.2) is 17.5 Å². The highest BCUT2D eigenvalue weighted by Crippen LogP contribution is 2.41. The SMILES string of the molecule is C=CC(=O)OCC(O)COc1ccc(-c2nc(-c3ccc(OCC(O)COC(=O)C=C)c(C)c3O)nc(-c3ccc(OCC(O)COC(=O)C=C)c(C)c3O)n2)c(O)c1C. The second kappa shape index (κ2) is 21.1. The maximum Gasteiger partial charge on any atom is 0.330 e. The molecule has 0 fully saturated rings. The van der Waals surface area contributed by atoms with E-state index < -0.39 is 36.2 Å². The number of esters is 3. The van der Waals surface area contributed by atoms with Gasteiger partial charge in [-0.2, -0.15) is 0 Å². The van der Waals surface area contributed by atoms with Crippen LogP contribution in [0.25, 0.3) is 34.2 Å². The Kier molecular flexibility index (Phi) is 16.1. The molecule has 0 bridgehead atoms. The van der Waals surface area contributed by atoms with Gasteiger partial charge in [-0.1, -0.05) is 19.7 Å². The molecular formula is C42H45N3O15. The van der Waals surface area contributed by atoms with Gasteiger partial charge in [0.1, 0.15) is 92.5 Å². The summed E-state index contributed by atoms with van der Waals surface area (Å²) in [6.07, 6.45) is -0.709. The number of hydrogen-bond acceptors (Lipinski definition) is 18. The van der Waals surface area contributed by atoms with E-state index in [1.54, 1.807) is 20.8 Å². The Bertz CT molecular complexity index is 1980. The molecule has 60 heavy (non-hydrogen) atoms. The van der Waals surface area contributed by atoms with E-state index in [9.17, 15) is 45.0 Å². The number of hydrogen-bond donors (Lipinski definition) is 6. The monoisotopic (exact) mass is 831 g/mol. The predicted octanol–water partition coefficient (Wildman–Crippen LogP) is 3.32. The van der Waals surface area contributed by atoms with E-state index in [1.807, 2.05) is 0 Å². The number of carbonyl (C=O) groups excluding carboxylic acids is 3. The molecule has 4 aromatic rings. The minimum Gasteiger partial charge on any atom is -0.507 e. The number of ether oxygens (including phenoxy) is 6. The van der Waals surface area contributed by atoms with Gasteiger partial charge in [0.25, 0.3) is 0 Å². The molecule has 4 rings (SSSR count). The summed E-state index contributed by atoms with van der Waals surface area (Å²) < 4.78 is 31.5. The first-order valence-electron chi connectivity index (χ1n) is 18.1. The Labute approximate surface area is 344 Å². The van der Waals surface area contributed by atoms with Crippen LogP contribution in [0.4, 0.5) is 0 Å². The summed E-state index contributed by atoms with van der Waals surface area (Å²) in [7, 11) is 0. The van der Waals surface area contributed by atoms with Gasteiger partial charge in [0.05, 0.1) is 16.7 Å². The third kappa shape index (κ3) is 11.8.